The first-order valence-corrected chi connectivity index (χ1v) is 5.99. The monoisotopic (exact) mass is 248 g/mol. The number of carboxylic acids is 1. The number of carbonyl (C=O) groups is 2. The van der Waals surface area contributed by atoms with E-state index in [0.29, 0.717) is 5.56 Å². The van der Waals surface area contributed by atoms with Crippen LogP contribution < -0.4 is 0 Å². The number of ketones is 1. The average molecular weight is 248 g/mol. The second-order valence-electron chi connectivity index (χ2n) is 5.56. The molecule has 0 amide bonds. The van der Waals surface area contributed by atoms with Gasteiger partial charge in [-0.05, 0) is 45.7 Å². The first-order valence-electron chi connectivity index (χ1n) is 5.99. The fourth-order valence-corrected chi connectivity index (χ4v) is 2.19. The fraction of sp³-hybridized carbons (Fsp3) is 0.467. The van der Waals surface area contributed by atoms with E-state index >= 15 is 0 Å². The summed E-state index contributed by atoms with van der Waals surface area (Å²) in [5.74, 6) is -1.05. The summed E-state index contributed by atoms with van der Waals surface area (Å²) in [5, 5.41) is 9.07. The Balaban J connectivity index is 3.10. The lowest BCUT2D eigenvalue weighted by atomic mass is 9.83. The van der Waals surface area contributed by atoms with E-state index in [1.807, 2.05) is 32.9 Å². The highest BCUT2D eigenvalue weighted by Gasteiger charge is 2.31. The molecule has 3 heteroatoms. The van der Waals surface area contributed by atoms with Gasteiger partial charge in [-0.3, -0.25) is 9.59 Å². The smallest absolute Gasteiger partial charge is 0.309 e. The Bertz CT molecular complexity index is 475. The van der Waals surface area contributed by atoms with Crippen LogP contribution in [0, 0.1) is 26.2 Å². The SMILES string of the molecule is Cc1cc(C)c(C(=O)CC(C)(C)C(=O)O)c(C)c1. The standard InChI is InChI=1S/C15H20O3/c1-9-6-10(2)13(11(3)7-9)12(16)8-15(4,5)14(17)18/h6-7H,8H2,1-5H3,(H,17,18). The molecule has 0 unspecified atom stereocenters. The molecule has 0 spiro atoms. The Morgan fingerprint density at radius 2 is 1.56 bits per heavy atom. The first-order chi connectivity index (χ1) is 8.15. The Hall–Kier alpha value is -1.64. The third kappa shape index (κ3) is 2.97. The summed E-state index contributed by atoms with van der Waals surface area (Å²) in [6.07, 6.45) is 0.0209. The Kier molecular flexibility index (Phi) is 3.95. The van der Waals surface area contributed by atoms with Gasteiger partial charge in [0.2, 0.25) is 0 Å². The minimum absolute atomic E-state index is 0.0209. The van der Waals surface area contributed by atoms with Gasteiger partial charge in [0.05, 0.1) is 5.41 Å². The van der Waals surface area contributed by atoms with E-state index in [2.05, 4.69) is 0 Å². The third-order valence-corrected chi connectivity index (χ3v) is 3.14. The van der Waals surface area contributed by atoms with Crippen molar-refractivity contribution in [1.29, 1.82) is 0 Å². The van der Waals surface area contributed by atoms with Crippen LogP contribution in [0.2, 0.25) is 0 Å². The van der Waals surface area contributed by atoms with Crippen molar-refractivity contribution >= 4 is 11.8 Å². The molecule has 0 aromatic heterocycles. The maximum atomic E-state index is 12.3. The van der Waals surface area contributed by atoms with Gasteiger partial charge in [-0.2, -0.15) is 0 Å². The zero-order valence-electron chi connectivity index (χ0n) is 11.6. The Morgan fingerprint density at radius 1 is 1.11 bits per heavy atom. The Labute approximate surface area is 108 Å². The second kappa shape index (κ2) is 4.92. The van der Waals surface area contributed by atoms with Crippen LogP contribution in [-0.4, -0.2) is 16.9 Å². The van der Waals surface area contributed by atoms with Crippen molar-refractivity contribution in [3.63, 3.8) is 0 Å². The molecule has 98 valence electrons. The fourth-order valence-electron chi connectivity index (χ4n) is 2.19. The van der Waals surface area contributed by atoms with Gasteiger partial charge in [0.25, 0.3) is 0 Å². The second-order valence-corrected chi connectivity index (χ2v) is 5.56. The van der Waals surface area contributed by atoms with E-state index < -0.39 is 11.4 Å². The first kappa shape index (κ1) is 14.4. The summed E-state index contributed by atoms with van der Waals surface area (Å²) >= 11 is 0. The molecule has 0 saturated heterocycles. The van der Waals surface area contributed by atoms with E-state index in [9.17, 15) is 9.59 Å². The van der Waals surface area contributed by atoms with Crippen molar-refractivity contribution in [3.8, 4) is 0 Å². The van der Waals surface area contributed by atoms with E-state index in [0.717, 1.165) is 16.7 Å². The summed E-state index contributed by atoms with van der Waals surface area (Å²) in [6.45, 7) is 8.91. The zero-order valence-corrected chi connectivity index (χ0v) is 11.6. The number of rotatable bonds is 4. The molecule has 0 atom stereocenters. The molecule has 1 aromatic rings. The number of aryl methyl sites for hydroxylation is 3. The number of benzene rings is 1. The highest BCUT2D eigenvalue weighted by atomic mass is 16.4. The molecule has 1 N–H and O–H groups in total. The summed E-state index contributed by atoms with van der Waals surface area (Å²) in [7, 11) is 0. The number of carbonyl (C=O) groups excluding carboxylic acids is 1. The molecule has 0 aliphatic carbocycles. The van der Waals surface area contributed by atoms with Crippen LogP contribution >= 0.6 is 0 Å². The lowest BCUT2D eigenvalue weighted by Gasteiger charge is -2.19. The van der Waals surface area contributed by atoms with Crippen LogP contribution in [0.3, 0.4) is 0 Å². The zero-order chi connectivity index (χ0) is 14.1. The van der Waals surface area contributed by atoms with E-state index in [1.54, 1.807) is 13.8 Å². The van der Waals surface area contributed by atoms with Gasteiger partial charge in [-0.15, -0.1) is 0 Å². The van der Waals surface area contributed by atoms with Crippen LogP contribution in [0.4, 0.5) is 0 Å². The number of aliphatic carboxylic acids is 1. The summed E-state index contributed by atoms with van der Waals surface area (Å²) in [4.78, 5) is 23.3. The van der Waals surface area contributed by atoms with Crippen molar-refractivity contribution < 1.29 is 14.7 Å². The van der Waals surface area contributed by atoms with E-state index in [-0.39, 0.29) is 12.2 Å². The molecule has 3 nitrogen and oxygen atoms in total. The number of Topliss-reactive ketones (excluding diaryl/α,β-unsaturated/α-hetero) is 1. The quantitative estimate of drug-likeness (QED) is 0.832. The van der Waals surface area contributed by atoms with Crippen molar-refractivity contribution in [3.05, 3.63) is 34.4 Å². The molecule has 0 radical (unpaired) electrons. The largest absolute Gasteiger partial charge is 0.481 e. The maximum absolute atomic E-state index is 12.3. The van der Waals surface area contributed by atoms with Gasteiger partial charge in [0.1, 0.15) is 0 Å². The molecule has 0 bridgehead atoms. The van der Waals surface area contributed by atoms with Gasteiger partial charge in [-0.1, -0.05) is 17.7 Å². The topological polar surface area (TPSA) is 54.4 Å². The van der Waals surface area contributed by atoms with Gasteiger partial charge < -0.3 is 5.11 Å². The average Bonchev–Trinajstić information content (AvgIpc) is 2.13. The molecule has 0 saturated carbocycles. The predicted molar refractivity (Wildman–Crippen MR) is 71.0 cm³/mol. The van der Waals surface area contributed by atoms with E-state index in [4.69, 9.17) is 5.11 Å². The van der Waals surface area contributed by atoms with Crippen molar-refractivity contribution in [2.24, 2.45) is 5.41 Å². The molecular weight excluding hydrogens is 228 g/mol. The summed E-state index contributed by atoms with van der Waals surface area (Å²) in [6, 6.07) is 3.90. The van der Waals surface area contributed by atoms with Crippen LogP contribution in [0.25, 0.3) is 0 Å². The molecule has 0 aliphatic heterocycles. The molecule has 1 aromatic carbocycles. The highest BCUT2D eigenvalue weighted by molar-refractivity contribution is 6.01. The lowest BCUT2D eigenvalue weighted by Crippen LogP contribution is -2.27. The van der Waals surface area contributed by atoms with Crippen molar-refractivity contribution in [2.75, 3.05) is 0 Å². The van der Waals surface area contributed by atoms with E-state index in [1.165, 1.54) is 0 Å². The van der Waals surface area contributed by atoms with Crippen molar-refractivity contribution in [1.82, 2.24) is 0 Å². The van der Waals surface area contributed by atoms with Crippen LogP contribution in [0.5, 0.6) is 0 Å². The van der Waals surface area contributed by atoms with Crippen LogP contribution in [0.15, 0.2) is 12.1 Å². The van der Waals surface area contributed by atoms with Gasteiger partial charge >= 0.3 is 5.97 Å². The number of carboxylic acid groups (broad SMARTS) is 1. The minimum atomic E-state index is -1.03. The normalized spacial score (nSPS) is 11.4. The number of hydrogen-bond acceptors (Lipinski definition) is 2. The van der Waals surface area contributed by atoms with Gasteiger partial charge in [0, 0.05) is 12.0 Å². The third-order valence-electron chi connectivity index (χ3n) is 3.14. The lowest BCUT2D eigenvalue weighted by molar-refractivity contribution is -0.146. The van der Waals surface area contributed by atoms with Crippen molar-refractivity contribution in [2.45, 2.75) is 41.0 Å². The highest BCUT2D eigenvalue weighted by Crippen LogP contribution is 2.26. The molecule has 0 heterocycles. The van der Waals surface area contributed by atoms with Crippen LogP contribution in [-0.2, 0) is 4.79 Å². The molecular formula is C15H20O3. The predicted octanol–water partition coefficient (Wildman–Crippen LogP) is 3.30. The Morgan fingerprint density at radius 3 is 1.94 bits per heavy atom. The molecule has 1 rings (SSSR count). The van der Waals surface area contributed by atoms with Gasteiger partial charge in [-0.25, -0.2) is 0 Å². The molecule has 18 heavy (non-hydrogen) atoms. The summed E-state index contributed by atoms with van der Waals surface area (Å²) in [5.41, 5.74) is 2.58. The minimum Gasteiger partial charge on any atom is -0.481 e. The molecule has 0 aliphatic rings. The summed E-state index contributed by atoms with van der Waals surface area (Å²) < 4.78 is 0. The maximum Gasteiger partial charge on any atom is 0.309 e. The number of hydrogen-bond donors (Lipinski definition) is 1. The molecule has 0 fully saturated rings. The van der Waals surface area contributed by atoms with Gasteiger partial charge in [0.15, 0.2) is 5.78 Å². The van der Waals surface area contributed by atoms with Crippen LogP contribution in [0.1, 0.15) is 47.3 Å².